The molecule has 0 bridgehead atoms. The Morgan fingerprint density at radius 2 is 2.00 bits per heavy atom. The Morgan fingerprint density at radius 1 is 1.31 bits per heavy atom. The number of fused-ring (bicyclic) bond motifs is 1. The molecule has 10 nitrogen and oxygen atoms in total. The van der Waals surface area contributed by atoms with Crippen LogP contribution in [0.4, 0.5) is 15.9 Å². The number of rotatable bonds is 5. The zero-order valence-corrected chi connectivity index (χ0v) is 17.5. The van der Waals surface area contributed by atoms with Gasteiger partial charge in [-0.05, 0) is 69.1 Å². The molecule has 4 rings (SSSR count). The molecule has 2 atom stereocenters. The fourth-order valence-corrected chi connectivity index (χ4v) is 5.14. The summed E-state index contributed by atoms with van der Waals surface area (Å²) in [6, 6.07) is 4.34. The van der Waals surface area contributed by atoms with Gasteiger partial charge in [0.1, 0.15) is 5.82 Å². The number of nitrogens with one attached hydrogen (secondary N) is 1. The summed E-state index contributed by atoms with van der Waals surface area (Å²) >= 11 is 3.10. The Labute approximate surface area is 174 Å². The smallest absolute Gasteiger partial charge is 0.276 e. The second-order valence-electron chi connectivity index (χ2n) is 7.25. The van der Waals surface area contributed by atoms with Gasteiger partial charge in [-0.3, -0.25) is 0 Å². The number of hydrogen-bond donors (Lipinski definition) is 3. The Hall–Kier alpha value is -2.09. The molecule has 1 aromatic carbocycles. The van der Waals surface area contributed by atoms with Gasteiger partial charge in [-0.1, -0.05) is 0 Å². The Bertz CT molecular complexity index is 1050. The minimum Gasteiger partial charge on any atom is -0.382 e. The molecule has 1 saturated carbocycles. The fourth-order valence-electron chi connectivity index (χ4n) is 3.97. The second-order valence-corrected chi connectivity index (χ2v) is 9.65. The predicted molar refractivity (Wildman–Crippen MR) is 107 cm³/mol. The average Bonchev–Trinajstić information content (AvgIpc) is 3.32. The lowest BCUT2D eigenvalue weighted by molar-refractivity contribution is 0.307. The van der Waals surface area contributed by atoms with Crippen LogP contribution in [-0.2, 0) is 10.2 Å². The third-order valence-electron chi connectivity index (χ3n) is 5.30. The van der Waals surface area contributed by atoms with Crippen LogP contribution in [0.25, 0.3) is 0 Å². The van der Waals surface area contributed by atoms with Gasteiger partial charge in [0.2, 0.25) is 5.82 Å². The second kappa shape index (κ2) is 7.63. The van der Waals surface area contributed by atoms with Crippen LogP contribution < -0.4 is 16.2 Å². The van der Waals surface area contributed by atoms with Gasteiger partial charge in [0, 0.05) is 19.1 Å². The zero-order valence-electron chi connectivity index (χ0n) is 15.1. The highest BCUT2D eigenvalue weighted by Crippen LogP contribution is 2.39. The molecule has 2 unspecified atom stereocenters. The topological polar surface area (TPSA) is 153 Å². The van der Waals surface area contributed by atoms with E-state index >= 15 is 0 Å². The van der Waals surface area contributed by atoms with Crippen molar-refractivity contribution in [1.29, 1.82) is 0 Å². The number of benzene rings is 1. The van der Waals surface area contributed by atoms with Crippen LogP contribution >= 0.6 is 15.9 Å². The van der Waals surface area contributed by atoms with E-state index in [4.69, 9.17) is 15.5 Å². The predicted octanol–water partition coefficient (Wildman–Crippen LogP) is 1.33. The van der Waals surface area contributed by atoms with E-state index in [1.165, 1.54) is 22.5 Å². The van der Waals surface area contributed by atoms with Crippen LogP contribution in [0.2, 0.25) is 0 Å². The monoisotopic (exact) mass is 487 g/mol. The van der Waals surface area contributed by atoms with E-state index in [-0.39, 0.29) is 33.9 Å². The number of amidine groups is 1. The molecular weight excluding hydrogens is 469 g/mol. The number of nitrogens with two attached hydrogens (primary N) is 2. The molecule has 1 aliphatic heterocycles. The van der Waals surface area contributed by atoms with Crippen molar-refractivity contribution in [1.82, 2.24) is 14.6 Å². The SMILES string of the molecule is NC(=Nc1ccc(F)c(Br)c1)c1nonc1NC1CC2CN(S(N)(=O)=O)CC2C1. The van der Waals surface area contributed by atoms with E-state index in [0.29, 0.717) is 24.6 Å². The first-order chi connectivity index (χ1) is 13.7. The highest BCUT2D eigenvalue weighted by molar-refractivity contribution is 9.10. The lowest BCUT2D eigenvalue weighted by Gasteiger charge is -2.17. The largest absolute Gasteiger partial charge is 0.382 e. The van der Waals surface area contributed by atoms with Gasteiger partial charge in [-0.15, -0.1) is 0 Å². The van der Waals surface area contributed by atoms with Crippen molar-refractivity contribution in [3.63, 3.8) is 0 Å². The molecule has 1 aliphatic carbocycles. The zero-order chi connectivity index (χ0) is 20.8. The van der Waals surface area contributed by atoms with Crippen LogP contribution in [0.3, 0.4) is 0 Å². The molecule has 2 aromatic rings. The highest BCUT2D eigenvalue weighted by Gasteiger charge is 2.44. The van der Waals surface area contributed by atoms with Crippen LogP contribution in [0.1, 0.15) is 18.5 Å². The highest BCUT2D eigenvalue weighted by atomic mass is 79.9. The van der Waals surface area contributed by atoms with Crippen molar-refractivity contribution >= 4 is 43.5 Å². The van der Waals surface area contributed by atoms with E-state index in [9.17, 15) is 12.8 Å². The summed E-state index contributed by atoms with van der Waals surface area (Å²) in [6.07, 6.45) is 1.54. The third-order valence-corrected chi connectivity index (χ3v) is 6.93. The normalized spacial score (nSPS) is 25.3. The molecule has 2 fully saturated rings. The van der Waals surface area contributed by atoms with E-state index in [1.54, 1.807) is 0 Å². The maximum absolute atomic E-state index is 13.4. The molecule has 5 N–H and O–H groups in total. The van der Waals surface area contributed by atoms with Crippen molar-refractivity contribution < 1.29 is 17.4 Å². The van der Waals surface area contributed by atoms with Crippen LogP contribution in [0, 0.1) is 17.7 Å². The molecule has 0 amide bonds. The summed E-state index contributed by atoms with van der Waals surface area (Å²) in [5.41, 5.74) is 6.75. The lowest BCUT2D eigenvalue weighted by Crippen LogP contribution is -2.36. The van der Waals surface area contributed by atoms with E-state index < -0.39 is 16.0 Å². The van der Waals surface area contributed by atoms with Crippen molar-refractivity contribution in [2.45, 2.75) is 18.9 Å². The van der Waals surface area contributed by atoms with E-state index in [0.717, 1.165) is 12.8 Å². The number of nitrogens with zero attached hydrogens (tertiary/aromatic N) is 4. The summed E-state index contributed by atoms with van der Waals surface area (Å²) in [5.74, 6) is 0.501. The molecule has 156 valence electrons. The summed E-state index contributed by atoms with van der Waals surface area (Å²) in [6.45, 7) is 0.850. The van der Waals surface area contributed by atoms with Crippen molar-refractivity contribution in [3.05, 3.63) is 34.2 Å². The summed E-state index contributed by atoms with van der Waals surface area (Å²) in [7, 11) is -3.65. The lowest BCUT2D eigenvalue weighted by atomic mass is 10.0. The third kappa shape index (κ3) is 4.27. The fraction of sp³-hybridized carbons (Fsp3) is 0.438. The van der Waals surface area contributed by atoms with Gasteiger partial charge in [-0.2, -0.15) is 12.7 Å². The first kappa shape index (κ1) is 20.2. The maximum atomic E-state index is 13.4. The molecular formula is C16H19BrFN7O3S. The first-order valence-corrected chi connectivity index (χ1v) is 11.2. The number of anilines is 1. The van der Waals surface area contributed by atoms with Gasteiger partial charge < -0.3 is 11.1 Å². The van der Waals surface area contributed by atoms with Crippen LogP contribution in [-0.4, -0.2) is 48.0 Å². The summed E-state index contributed by atoms with van der Waals surface area (Å²) < 4.78 is 42.8. The van der Waals surface area contributed by atoms with Gasteiger partial charge in [0.25, 0.3) is 10.2 Å². The number of aromatic nitrogens is 2. The van der Waals surface area contributed by atoms with Crippen molar-refractivity contribution in [3.8, 4) is 0 Å². The van der Waals surface area contributed by atoms with Gasteiger partial charge >= 0.3 is 0 Å². The van der Waals surface area contributed by atoms with Gasteiger partial charge in [-0.25, -0.2) is 19.2 Å². The molecule has 1 saturated heterocycles. The number of aliphatic imine (C=N–C) groups is 1. The standard InChI is InChI=1S/C16H19BrFN7O3S/c17-12-5-10(1-2-13(12)18)21-15(19)14-16(24-28-23-14)22-11-3-8-6-25(29(20,26)27)7-9(8)4-11/h1-2,5,8-9,11H,3-4,6-7H2,(H2,19,21)(H,22,24)(H2,20,26,27). The Kier molecular flexibility index (Phi) is 5.31. The minimum atomic E-state index is -3.65. The number of halogens is 2. The molecule has 13 heteroatoms. The summed E-state index contributed by atoms with van der Waals surface area (Å²) in [4.78, 5) is 4.24. The molecule has 1 aromatic heterocycles. The molecule has 0 radical (unpaired) electrons. The van der Waals surface area contributed by atoms with E-state index in [2.05, 4.69) is 36.6 Å². The quantitative estimate of drug-likeness (QED) is 0.424. The van der Waals surface area contributed by atoms with Gasteiger partial charge in [0.15, 0.2) is 11.5 Å². The molecule has 29 heavy (non-hydrogen) atoms. The number of hydrogen-bond acceptors (Lipinski definition) is 7. The first-order valence-electron chi connectivity index (χ1n) is 8.87. The molecule has 2 aliphatic rings. The van der Waals surface area contributed by atoms with Crippen molar-refractivity contribution in [2.75, 3.05) is 18.4 Å². The van der Waals surface area contributed by atoms with Crippen LogP contribution in [0.15, 0.2) is 32.3 Å². The van der Waals surface area contributed by atoms with Gasteiger partial charge in [0.05, 0.1) is 10.2 Å². The Balaban J connectivity index is 1.44. The summed E-state index contributed by atoms with van der Waals surface area (Å²) in [5, 5.41) is 16.2. The van der Waals surface area contributed by atoms with Crippen molar-refractivity contribution in [2.24, 2.45) is 27.7 Å². The average molecular weight is 488 g/mol. The van der Waals surface area contributed by atoms with Crippen LogP contribution in [0.5, 0.6) is 0 Å². The Morgan fingerprint density at radius 3 is 2.62 bits per heavy atom. The maximum Gasteiger partial charge on any atom is 0.276 e. The molecule has 2 heterocycles. The minimum absolute atomic E-state index is 0.0749. The van der Waals surface area contributed by atoms with E-state index in [1.807, 2.05) is 0 Å². The molecule has 0 spiro atoms.